The molecule has 18 heavy (non-hydrogen) atoms. The van der Waals surface area contributed by atoms with Crippen molar-refractivity contribution < 1.29 is 9.59 Å². The molecule has 5 nitrogen and oxygen atoms in total. The SMILES string of the molecule is CC(=O)NC1CCN(C(=O)C2CC3CCC2N3)C1. The van der Waals surface area contributed by atoms with E-state index in [-0.39, 0.29) is 17.9 Å². The highest BCUT2D eigenvalue weighted by molar-refractivity contribution is 5.81. The molecule has 100 valence electrons. The van der Waals surface area contributed by atoms with Crippen molar-refractivity contribution in [3.63, 3.8) is 0 Å². The molecule has 0 saturated carbocycles. The van der Waals surface area contributed by atoms with Crippen LogP contribution in [0, 0.1) is 5.92 Å². The number of nitrogens with zero attached hydrogens (tertiary/aromatic N) is 1. The highest BCUT2D eigenvalue weighted by Crippen LogP contribution is 2.34. The van der Waals surface area contributed by atoms with Crippen molar-refractivity contribution >= 4 is 11.8 Å². The van der Waals surface area contributed by atoms with Crippen LogP contribution < -0.4 is 10.6 Å². The van der Waals surface area contributed by atoms with Gasteiger partial charge in [0.2, 0.25) is 11.8 Å². The summed E-state index contributed by atoms with van der Waals surface area (Å²) in [7, 11) is 0. The summed E-state index contributed by atoms with van der Waals surface area (Å²) in [4.78, 5) is 25.4. The number of fused-ring (bicyclic) bond motifs is 2. The van der Waals surface area contributed by atoms with Gasteiger partial charge in [-0.15, -0.1) is 0 Å². The number of hydrogen-bond donors (Lipinski definition) is 2. The Labute approximate surface area is 107 Å². The summed E-state index contributed by atoms with van der Waals surface area (Å²) in [6, 6.07) is 1.12. The van der Waals surface area contributed by atoms with Crippen LogP contribution in [0.15, 0.2) is 0 Å². The van der Waals surface area contributed by atoms with E-state index in [1.165, 1.54) is 13.3 Å². The number of carbonyl (C=O) groups excluding carboxylic acids is 2. The van der Waals surface area contributed by atoms with Crippen LogP contribution in [-0.2, 0) is 9.59 Å². The fourth-order valence-corrected chi connectivity index (χ4v) is 3.70. The summed E-state index contributed by atoms with van der Waals surface area (Å²) in [6.45, 7) is 3.01. The third-order valence-electron chi connectivity index (χ3n) is 4.52. The Morgan fingerprint density at radius 2 is 2.11 bits per heavy atom. The van der Waals surface area contributed by atoms with Crippen LogP contribution in [0.5, 0.6) is 0 Å². The van der Waals surface area contributed by atoms with Crippen molar-refractivity contribution in [2.24, 2.45) is 5.92 Å². The number of likely N-dealkylation sites (tertiary alicyclic amines) is 1. The fraction of sp³-hybridized carbons (Fsp3) is 0.846. The molecule has 5 heteroatoms. The van der Waals surface area contributed by atoms with Gasteiger partial charge < -0.3 is 15.5 Å². The average molecular weight is 251 g/mol. The van der Waals surface area contributed by atoms with E-state index in [4.69, 9.17) is 0 Å². The normalized spacial score (nSPS) is 38.2. The third-order valence-corrected chi connectivity index (χ3v) is 4.52. The maximum atomic E-state index is 12.4. The van der Waals surface area contributed by atoms with E-state index in [9.17, 15) is 9.59 Å². The summed E-state index contributed by atoms with van der Waals surface area (Å²) in [5, 5.41) is 6.41. The smallest absolute Gasteiger partial charge is 0.227 e. The minimum absolute atomic E-state index is 0.00381. The maximum Gasteiger partial charge on any atom is 0.227 e. The first-order chi connectivity index (χ1) is 8.63. The molecule has 2 bridgehead atoms. The Morgan fingerprint density at radius 1 is 1.28 bits per heavy atom. The van der Waals surface area contributed by atoms with Crippen molar-refractivity contribution in [3.8, 4) is 0 Å². The van der Waals surface area contributed by atoms with Crippen LogP contribution in [0.3, 0.4) is 0 Å². The Hall–Kier alpha value is -1.10. The molecule has 4 atom stereocenters. The van der Waals surface area contributed by atoms with Crippen LogP contribution >= 0.6 is 0 Å². The van der Waals surface area contributed by atoms with Gasteiger partial charge in [-0.2, -0.15) is 0 Å². The first-order valence-electron chi connectivity index (χ1n) is 6.95. The van der Waals surface area contributed by atoms with E-state index in [0.717, 1.165) is 25.8 Å². The van der Waals surface area contributed by atoms with E-state index in [1.807, 2.05) is 4.90 Å². The van der Waals surface area contributed by atoms with Crippen molar-refractivity contribution in [1.29, 1.82) is 0 Å². The van der Waals surface area contributed by atoms with E-state index in [1.54, 1.807) is 0 Å². The van der Waals surface area contributed by atoms with Gasteiger partial charge >= 0.3 is 0 Å². The summed E-state index contributed by atoms with van der Waals surface area (Å²) in [5.41, 5.74) is 0. The Morgan fingerprint density at radius 3 is 2.72 bits per heavy atom. The number of nitrogens with one attached hydrogen (secondary N) is 2. The zero-order chi connectivity index (χ0) is 12.7. The summed E-state index contributed by atoms with van der Waals surface area (Å²) >= 11 is 0. The van der Waals surface area contributed by atoms with Crippen LogP contribution in [0.25, 0.3) is 0 Å². The second-order valence-corrected chi connectivity index (χ2v) is 5.86. The molecule has 0 aromatic heterocycles. The predicted octanol–water partition coefficient (Wildman–Crippen LogP) is -0.136. The lowest BCUT2D eigenvalue weighted by Gasteiger charge is -2.25. The van der Waals surface area contributed by atoms with Gasteiger partial charge in [0.05, 0.1) is 5.92 Å². The molecule has 3 saturated heterocycles. The van der Waals surface area contributed by atoms with Crippen molar-refractivity contribution in [1.82, 2.24) is 15.5 Å². The van der Waals surface area contributed by atoms with Gasteiger partial charge in [0.1, 0.15) is 0 Å². The minimum Gasteiger partial charge on any atom is -0.352 e. The number of amides is 2. The van der Waals surface area contributed by atoms with Gasteiger partial charge in [-0.25, -0.2) is 0 Å². The molecular formula is C13H21N3O2. The molecule has 0 radical (unpaired) electrons. The van der Waals surface area contributed by atoms with Crippen LogP contribution in [0.4, 0.5) is 0 Å². The summed E-state index contributed by atoms with van der Waals surface area (Å²) in [5.74, 6) is 0.471. The molecule has 4 unspecified atom stereocenters. The summed E-state index contributed by atoms with van der Waals surface area (Å²) < 4.78 is 0. The van der Waals surface area contributed by atoms with Gasteiger partial charge in [0.25, 0.3) is 0 Å². The molecular weight excluding hydrogens is 230 g/mol. The van der Waals surface area contributed by atoms with Crippen LogP contribution in [0.2, 0.25) is 0 Å². The first kappa shape index (κ1) is 12.0. The van der Waals surface area contributed by atoms with Gasteiger partial charge in [-0.1, -0.05) is 0 Å². The van der Waals surface area contributed by atoms with Crippen molar-refractivity contribution in [2.75, 3.05) is 13.1 Å². The van der Waals surface area contributed by atoms with E-state index in [0.29, 0.717) is 24.5 Å². The molecule has 0 aliphatic carbocycles. The summed E-state index contributed by atoms with van der Waals surface area (Å²) in [6.07, 6.45) is 4.26. The molecule has 3 aliphatic rings. The zero-order valence-electron chi connectivity index (χ0n) is 10.8. The highest BCUT2D eigenvalue weighted by Gasteiger charge is 2.45. The topological polar surface area (TPSA) is 61.4 Å². The van der Waals surface area contributed by atoms with E-state index < -0.39 is 0 Å². The minimum atomic E-state index is -0.00381. The molecule has 0 aromatic carbocycles. The monoisotopic (exact) mass is 251 g/mol. The fourth-order valence-electron chi connectivity index (χ4n) is 3.70. The average Bonchev–Trinajstić information content (AvgIpc) is 3.01. The number of carbonyl (C=O) groups is 2. The maximum absolute atomic E-state index is 12.4. The van der Waals surface area contributed by atoms with Crippen molar-refractivity contribution in [2.45, 2.75) is 50.7 Å². The second-order valence-electron chi connectivity index (χ2n) is 5.86. The Bertz CT molecular complexity index is 371. The van der Waals surface area contributed by atoms with Gasteiger partial charge in [0.15, 0.2) is 0 Å². The lowest BCUT2D eigenvalue weighted by molar-refractivity contribution is -0.135. The molecule has 3 heterocycles. The largest absolute Gasteiger partial charge is 0.352 e. The highest BCUT2D eigenvalue weighted by atomic mass is 16.2. The Kier molecular flexibility index (Phi) is 3.01. The number of hydrogen-bond acceptors (Lipinski definition) is 3. The van der Waals surface area contributed by atoms with Gasteiger partial charge in [-0.05, 0) is 25.7 Å². The molecule has 3 fully saturated rings. The van der Waals surface area contributed by atoms with Crippen LogP contribution in [0.1, 0.15) is 32.6 Å². The van der Waals surface area contributed by atoms with Gasteiger partial charge in [-0.3, -0.25) is 9.59 Å². The lowest BCUT2D eigenvalue weighted by Crippen LogP contribution is -2.42. The zero-order valence-corrected chi connectivity index (χ0v) is 10.8. The molecule has 0 aromatic rings. The first-order valence-corrected chi connectivity index (χ1v) is 6.95. The lowest BCUT2D eigenvalue weighted by atomic mass is 9.88. The second kappa shape index (κ2) is 4.53. The molecule has 3 aliphatic heterocycles. The predicted molar refractivity (Wildman–Crippen MR) is 66.9 cm³/mol. The Balaban J connectivity index is 1.56. The molecule has 3 rings (SSSR count). The van der Waals surface area contributed by atoms with E-state index >= 15 is 0 Å². The molecule has 2 amide bonds. The third kappa shape index (κ3) is 2.11. The van der Waals surface area contributed by atoms with Crippen molar-refractivity contribution in [3.05, 3.63) is 0 Å². The molecule has 2 N–H and O–H groups in total. The standard InChI is InChI=1S/C13H21N3O2/c1-8(17)14-10-4-5-16(7-10)13(18)11-6-9-2-3-12(11)15-9/h9-12,15H,2-7H2,1H3,(H,14,17). The van der Waals surface area contributed by atoms with Crippen LogP contribution in [-0.4, -0.2) is 47.9 Å². The van der Waals surface area contributed by atoms with E-state index in [2.05, 4.69) is 10.6 Å². The molecule has 0 spiro atoms. The van der Waals surface area contributed by atoms with Gasteiger partial charge in [0, 0.05) is 38.1 Å². The quantitative estimate of drug-likeness (QED) is 0.718. The number of rotatable bonds is 2.